The van der Waals surface area contributed by atoms with Gasteiger partial charge in [-0.25, -0.2) is 4.79 Å². The lowest BCUT2D eigenvalue weighted by atomic mass is 10.3. The van der Waals surface area contributed by atoms with Crippen molar-refractivity contribution in [2.75, 3.05) is 45.1 Å². The largest absolute Gasteiger partial charge is 0.339 e. The minimum Gasteiger partial charge on any atom is -0.339 e. The van der Waals surface area contributed by atoms with Crippen molar-refractivity contribution in [2.45, 2.75) is 0 Å². The summed E-state index contributed by atoms with van der Waals surface area (Å²) in [5, 5.41) is 5.26. The van der Waals surface area contributed by atoms with Gasteiger partial charge in [0.15, 0.2) is 0 Å². The molecule has 2 rings (SSSR count). The van der Waals surface area contributed by atoms with Gasteiger partial charge in [-0.3, -0.25) is 4.79 Å². The maximum Gasteiger partial charge on any atom is 0.319 e. The van der Waals surface area contributed by atoms with E-state index in [4.69, 9.17) is 0 Å². The summed E-state index contributed by atoms with van der Waals surface area (Å²) < 4.78 is 0. The zero-order valence-electron chi connectivity index (χ0n) is 11.6. The maximum absolute atomic E-state index is 11.9. The normalized spacial score (nSPS) is 15.8. The van der Waals surface area contributed by atoms with Crippen LogP contribution in [0.1, 0.15) is 0 Å². The Kier molecular flexibility index (Phi) is 4.95. The van der Waals surface area contributed by atoms with Crippen molar-refractivity contribution in [1.82, 2.24) is 15.1 Å². The van der Waals surface area contributed by atoms with Crippen LogP contribution in [-0.2, 0) is 4.79 Å². The molecule has 3 amide bonds. The van der Waals surface area contributed by atoms with Crippen molar-refractivity contribution in [3.63, 3.8) is 0 Å². The minimum absolute atomic E-state index is 0.0301. The van der Waals surface area contributed by atoms with Gasteiger partial charge in [-0.1, -0.05) is 18.2 Å². The first kappa shape index (κ1) is 14.3. The lowest BCUT2D eigenvalue weighted by molar-refractivity contribution is -0.131. The fraction of sp³-hybridized carbons (Fsp3) is 0.429. The molecule has 20 heavy (non-hydrogen) atoms. The third kappa shape index (κ3) is 4.24. The van der Waals surface area contributed by atoms with Crippen LogP contribution >= 0.6 is 0 Å². The molecule has 6 nitrogen and oxygen atoms in total. The highest BCUT2D eigenvalue weighted by molar-refractivity contribution is 5.92. The van der Waals surface area contributed by atoms with E-state index in [0.29, 0.717) is 5.69 Å². The molecule has 0 aliphatic carbocycles. The van der Waals surface area contributed by atoms with Crippen LogP contribution in [0, 0.1) is 0 Å². The van der Waals surface area contributed by atoms with E-state index in [-0.39, 0.29) is 18.5 Å². The second kappa shape index (κ2) is 6.91. The Labute approximate surface area is 118 Å². The van der Waals surface area contributed by atoms with Crippen molar-refractivity contribution in [3.05, 3.63) is 30.3 Å². The number of rotatable bonds is 3. The van der Waals surface area contributed by atoms with Crippen LogP contribution in [0.15, 0.2) is 30.3 Å². The highest BCUT2D eigenvalue weighted by atomic mass is 16.2. The third-order valence-electron chi connectivity index (χ3n) is 3.29. The molecule has 1 fully saturated rings. The van der Waals surface area contributed by atoms with Crippen LogP contribution < -0.4 is 10.6 Å². The number of hydrogen-bond acceptors (Lipinski definition) is 3. The number of nitrogens with one attached hydrogen (secondary N) is 2. The van der Waals surface area contributed by atoms with Crippen molar-refractivity contribution in [2.24, 2.45) is 0 Å². The predicted molar refractivity (Wildman–Crippen MR) is 77.5 cm³/mol. The molecule has 1 aromatic carbocycles. The number of carbonyl (C=O) groups excluding carboxylic acids is 2. The first-order valence-corrected chi connectivity index (χ1v) is 6.71. The predicted octanol–water partition coefficient (Wildman–Crippen LogP) is 0.582. The summed E-state index contributed by atoms with van der Waals surface area (Å²) in [6.07, 6.45) is 0. The van der Waals surface area contributed by atoms with Gasteiger partial charge in [-0.15, -0.1) is 0 Å². The number of piperazine rings is 1. The Bertz CT molecular complexity index is 456. The molecule has 108 valence electrons. The van der Waals surface area contributed by atoms with Crippen molar-refractivity contribution in [1.29, 1.82) is 0 Å². The standard InChI is InChI=1S/C14H20N4O2/c1-17-7-9-18(10-8-17)13(19)11-15-14(20)16-12-5-3-2-4-6-12/h2-6H,7-11H2,1H3,(H2,15,16,20). The molecule has 0 unspecified atom stereocenters. The second-order valence-corrected chi connectivity index (χ2v) is 4.86. The molecule has 1 aromatic rings. The molecule has 0 saturated carbocycles. The molecule has 0 radical (unpaired) electrons. The fourth-order valence-electron chi connectivity index (χ4n) is 2.02. The van der Waals surface area contributed by atoms with Crippen LogP contribution in [0.5, 0.6) is 0 Å². The molecule has 1 saturated heterocycles. The average Bonchev–Trinajstić information content (AvgIpc) is 2.46. The smallest absolute Gasteiger partial charge is 0.319 e. The molecule has 1 aliphatic heterocycles. The Balaban J connectivity index is 1.72. The highest BCUT2D eigenvalue weighted by Gasteiger charge is 2.19. The van der Waals surface area contributed by atoms with Gasteiger partial charge in [-0.2, -0.15) is 0 Å². The molecular weight excluding hydrogens is 256 g/mol. The van der Waals surface area contributed by atoms with Crippen LogP contribution in [0.4, 0.5) is 10.5 Å². The van der Waals surface area contributed by atoms with Gasteiger partial charge in [0.25, 0.3) is 0 Å². The highest BCUT2D eigenvalue weighted by Crippen LogP contribution is 2.04. The summed E-state index contributed by atoms with van der Waals surface area (Å²) >= 11 is 0. The van der Waals surface area contributed by atoms with Gasteiger partial charge < -0.3 is 20.4 Å². The summed E-state index contributed by atoms with van der Waals surface area (Å²) in [4.78, 5) is 27.5. The van der Waals surface area contributed by atoms with Crippen molar-refractivity contribution < 1.29 is 9.59 Å². The molecule has 0 spiro atoms. The number of carbonyl (C=O) groups is 2. The van der Waals surface area contributed by atoms with E-state index in [2.05, 4.69) is 15.5 Å². The van der Waals surface area contributed by atoms with Gasteiger partial charge in [0.2, 0.25) is 5.91 Å². The molecular formula is C14H20N4O2. The average molecular weight is 276 g/mol. The number of nitrogens with zero attached hydrogens (tertiary/aromatic N) is 2. The van der Waals surface area contributed by atoms with E-state index in [9.17, 15) is 9.59 Å². The number of benzene rings is 1. The Morgan fingerprint density at radius 1 is 1.10 bits per heavy atom. The quantitative estimate of drug-likeness (QED) is 0.849. The number of hydrogen-bond donors (Lipinski definition) is 2. The molecule has 1 aliphatic rings. The van der Waals surface area contributed by atoms with E-state index in [1.165, 1.54) is 0 Å². The molecule has 1 heterocycles. The Morgan fingerprint density at radius 3 is 2.40 bits per heavy atom. The van der Waals surface area contributed by atoms with E-state index in [1.54, 1.807) is 17.0 Å². The van der Waals surface area contributed by atoms with Crippen LogP contribution in [0.3, 0.4) is 0 Å². The van der Waals surface area contributed by atoms with E-state index in [0.717, 1.165) is 26.2 Å². The zero-order valence-corrected chi connectivity index (χ0v) is 11.6. The van der Waals surface area contributed by atoms with Crippen molar-refractivity contribution in [3.8, 4) is 0 Å². The van der Waals surface area contributed by atoms with Gasteiger partial charge >= 0.3 is 6.03 Å². The van der Waals surface area contributed by atoms with Gasteiger partial charge in [-0.05, 0) is 19.2 Å². The van der Waals surface area contributed by atoms with Gasteiger partial charge in [0, 0.05) is 31.9 Å². The SMILES string of the molecule is CN1CCN(C(=O)CNC(=O)Nc2ccccc2)CC1. The number of anilines is 1. The molecule has 6 heteroatoms. The van der Waals surface area contributed by atoms with E-state index in [1.807, 2.05) is 25.2 Å². The summed E-state index contributed by atoms with van der Waals surface area (Å²) in [6.45, 7) is 3.22. The lowest BCUT2D eigenvalue weighted by Gasteiger charge is -2.32. The number of para-hydroxylation sites is 1. The number of likely N-dealkylation sites (N-methyl/N-ethyl adjacent to an activating group) is 1. The number of amides is 3. The Morgan fingerprint density at radius 2 is 1.75 bits per heavy atom. The third-order valence-corrected chi connectivity index (χ3v) is 3.29. The van der Waals surface area contributed by atoms with Crippen LogP contribution in [0.25, 0.3) is 0 Å². The monoisotopic (exact) mass is 276 g/mol. The summed E-state index contributed by atoms with van der Waals surface area (Å²) in [5.74, 6) is -0.0405. The zero-order chi connectivity index (χ0) is 14.4. The molecule has 0 atom stereocenters. The molecule has 0 aromatic heterocycles. The summed E-state index contributed by atoms with van der Waals surface area (Å²) in [6, 6.07) is 8.78. The lowest BCUT2D eigenvalue weighted by Crippen LogP contribution is -2.50. The topological polar surface area (TPSA) is 64.7 Å². The molecule has 2 N–H and O–H groups in total. The first-order valence-electron chi connectivity index (χ1n) is 6.71. The fourth-order valence-corrected chi connectivity index (χ4v) is 2.02. The van der Waals surface area contributed by atoms with Gasteiger partial charge in [0.05, 0.1) is 6.54 Å². The summed E-state index contributed by atoms with van der Waals surface area (Å²) in [7, 11) is 2.04. The van der Waals surface area contributed by atoms with E-state index < -0.39 is 0 Å². The van der Waals surface area contributed by atoms with Crippen LogP contribution in [0.2, 0.25) is 0 Å². The van der Waals surface area contributed by atoms with Crippen molar-refractivity contribution >= 4 is 17.6 Å². The maximum atomic E-state index is 11.9. The van der Waals surface area contributed by atoms with E-state index >= 15 is 0 Å². The first-order chi connectivity index (χ1) is 9.65. The van der Waals surface area contributed by atoms with Crippen LogP contribution in [-0.4, -0.2) is 61.5 Å². The molecule has 0 bridgehead atoms. The number of urea groups is 1. The summed E-state index contributed by atoms with van der Waals surface area (Å²) in [5.41, 5.74) is 0.706. The minimum atomic E-state index is -0.362. The van der Waals surface area contributed by atoms with Gasteiger partial charge in [0.1, 0.15) is 0 Å². The Hall–Kier alpha value is -2.08. The second-order valence-electron chi connectivity index (χ2n) is 4.86.